The van der Waals surface area contributed by atoms with E-state index in [0.29, 0.717) is 12.1 Å². The zero-order chi connectivity index (χ0) is 12.5. The quantitative estimate of drug-likeness (QED) is 0.478. The molecule has 0 N–H and O–H groups in total. The lowest BCUT2D eigenvalue weighted by Gasteiger charge is -2.09. The molecule has 0 aliphatic carbocycles. The second-order valence-corrected chi connectivity index (χ2v) is 3.31. The molecule has 0 heterocycles. The van der Waals surface area contributed by atoms with Gasteiger partial charge in [0.15, 0.2) is 11.6 Å². The summed E-state index contributed by atoms with van der Waals surface area (Å²) >= 11 is 2.48. The van der Waals surface area contributed by atoms with E-state index in [1.54, 1.807) is 0 Å². The average Bonchev–Trinajstić information content (AvgIpc) is 2.10. The van der Waals surface area contributed by atoms with E-state index in [1.165, 1.54) is 0 Å². The van der Waals surface area contributed by atoms with Crippen molar-refractivity contribution in [2.45, 2.75) is 6.36 Å². The molecule has 1 aromatic carbocycles. The number of benzene rings is 1. The molecule has 0 fully saturated rings. The lowest BCUT2D eigenvalue weighted by atomic mass is 10.3. The van der Waals surface area contributed by atoms with Crippen LogP contribution in [0.4, 0.5) is 23.2 Å². The number of alkyl halides is 3. The van der Waals surface area contributed by atoms with Gasteiger partial charge in [0.25, 0.3) is 5.69 Å². The minimum Gasteiger partial charge on any atom is -0.403 e. The Morgan fingerprint density at radius 3 is 2.38 bits per heavy atom. The number of hydrogen-bond acceptors (Lipinski definition) is 3. The Morgan fingerprint density at radius 2 is 1.94 bits per heavy atom. The summed E-state index contributed by atoms with van der Waals surface area (Å²) in [5.41, 5.74) is -0.688. The van der Waals surface area contributed by atoms with Crippen molar-refractivity contribution in [1.29, 1.82) is 0 Å². The number of rotatable bonds is 2. The van der Waals surface area contributed by atoms with Gasteiger partial charge in [0, 0.05) is 6.07 Å². The summed E-state index contributed by atoms with van der Waals surface area (Å²) in [7, 11) is 0. The molecule has 0 aliphatic heterocycles. The predicted molar refractivity (Wildman–Crippen MR) is 47.4 cm³/mol. The van der Waals surface area contributed by atoms with Gasteiger partial charge in [0.05, 0.1) is 4.92 Å². The van der Waals surface area contributed by atoms with Crippen molar-refractivity contribution in [3.8, 4) is 5.75 Å². The largest absolute Gasteiger partial charge is 0.573 e. The van der Waals surface area contributed by atoms with Gasteiger partial charge in [0.2, 0.25) is 0 Å². The Balaban J connectivity index is 3.17. The number of ether oxygens (including phenoxy) is 1. The van der Waals surface area contributed by atoms with Crippen LogP contribution in [0.3, 0.4) is 0 Å². The standard InChI is InChI=1S/C7H2BrF4NO3/c8-5-3(13(14)15)1-2-4(6(5)9)16-7(10,11)12/h1-2H. The first kappa shape index (κ1) is 12.7. The zero-order valence-electron chi connectivity index (χ0n) is 7.22. The third-order valence-corrected chi connectivity index (χ3v) is 2.20. The molecule has 0 aliphatic rings. The van der Waals surface area contributed by atoms with Crippen molar-refractivity contribution in [1.82, 2.24) is 0 Å². The minimum absolute atomic E-state index is 0.533. The van der Waals surface area contributed by atoms with Gasteiger partial charge < -0.3 is 4.74 Å². The molecule has 16 heavy (non-hydrogen) atoms. The van der Waals surface area contributed by atoms with Crippen LogP contribution >= 0.6 is 15.9 Å². The number of nitro benzene ring substituents is 1. The zero-order valence-corrected chi connectivity index (χ0v) is 8.80. The summed E-state index contributed by atoms with van der Waals surface area (Å²) in [6, 6.07) is 1.24. The maximum Gasteiger partial charge on any atom is 0.573 e. The van der Waals surface area contributed by atoms with Crippen LogP contribution in [0.5, 0.6) is 5.75 Å². The van der Waals surface area contributed by atoms with E-state index in [2.05, 4.69) is 20.7 Å². The van der Waals surface area contributed by atoms with Gasteiger partial charge in [0.1, 0.15) is 4.47 Å². The molecule has 1 aromatic rings. The number of hydrogen-bond donors (Lipinski definition) is 0. The summed E-state index contributed by atoms with van der Waals surface area (Å²) in [6.45, 7) is 0. The van der Waals surface area contributed by atoms with Gasteiger partial charge >= 0.3 is 6.36 Å². The molecule has 0 atom stereocenters. The average molecular weight is 304 g/mol. The van der Waals surface area contributed by atoms with E-state index < -0.39 is 33.0 Å². The second-order valence-electron chi connectivity index (χ2n) is 2.52. The smallest absolute Gasteiger partial charge is 0.403 e. The van der Waals surface area contributed by atoms with E-state index in [-0.39, 0.29) is 0 Å². The van der Waals surface area contributed by atoms with Crippen LogP contribution in [-0.4, -0.2) is 11.3 Å². The lowest BCUT2D eigenvalue weighted by Crippen LogP contribution is -2.18. The molecule has 0 saturated heterocycles. The SMILES string of the molecule is O=[N+]([O-])c1ccc(OC(F)(F)F)c(F)c1Br. The first-order valence-corrected chi connectivity index (χ1v) is 4.40. The number of nitro groups is 1. The third-order valence-electron chi connectivity index (χ3n) is 1.45. The van der Waals surface area contributed by atoms with E-state index in [1.807, 2.05) is 0 Å². The Bertz CT molecular complexity index is 434. The maximum atomic E-state index is 13.2. The molecule has 0 radical (unpaired) electrons. The molecular formula is C7H2BrF4NO3. The normalized spacial score (nSPS) is 11.3. The highest BCUT2D eigenvalue weighted by Gasteiger charge is 2.33. The summed E-state index contributed by atoms with van der Waals surface area (Å²) in [5, 5.41) is 10.3. The Kier molecular flexibility index (Phi) is 3.36. The first-order valence-electron chi connectivity index (χ1n) is 3.60. The van der Waals surface area contributed by atoms with Gasteiger partial charge in [-0.2, -0.15) is 0 Å². The highest BCUT2D eigenvalue weighted by atomic mass is 79.9. The van der Waals surface area contributed by atoms with Crippen LogP contribution in [0.1, 0.15) is 0 Å². The highest BCUT2D eigenvalue weighted by molar-refractivity contribution is 9.10. The molecule has 88 valence electrons. The van der Waals surface area contributed by atoms with Crippen molar-refractivity contribution in [2.75, 3.05) is 0 Å². The van der Waals surface area contributed by atoms with Crippen LogP contribution in [0, 0.1) is 15.9 Å². The third kappa shape index (κ3) is 2.81. The van der Waals surface area contributed by atoms with Crippen molar-refractivity contribution in [3.05, 3.63) is 32.5 Å². The molecule has 0 bridgehead atoms. The molecule has 1 rings (SSSR count). The lowest BCUT2D eigenvalue weighted by molar-refractivity contribution is -0.386. The van der Waals surface area contributed by atoms with Crippen molar-refractivity contribution in [2.24, 2.45) is 0 Å². The first-order chi connectivity index (χ1) is 7.22. The van der Waals surface area contributed by atoms with Gasteiger partial charge in [-0.1, -0.05) is 0 Å². The van der Waals surface area contributed by atoms with Gasteiger partial charge in [-0.3, -0.25) is 10.1 Å². The fourth-order valence-electron chi connectivity index (χ4n) is 0.866. The number of halogens is 5. The Labute approximate surface area is 94.1 Å². The van der Waals surface area contributed by atoms with Crippen LogP contribution in [0.25, 0.3) is 0 Å². The molecule has 0 saturated carbocycles. The molecule has 0 unspecified atom stereocenters. The molecule has 9 heteroatoms. The second kappa shape index (κ2) is 4.24. The highest BCUT2D eigenvalue weighted by Crippen LogP contribution is 2.35. The maximum absolute atomic E-state index is 13.2. The van der Waals surface area contributed by atoms with E-state index in [4.69, 9.17) is 0 Å². The molecule has 0 spiro atoms. The van der Waals surface area contributed by atoms with E-state index in [0.717, 1.165) is 0 Å². The van der Waals surface area contributed by atoms with Gasteiger partial charge in [-0.05, 0) is 22.0 Å². The Hall–Kier alpha value is -1.38. The van der Waals surface area contributed by atoms with Crippen molar-refractivity contribution < 1.29 is 27.2 Å². The van der Waals surface area contributed by atoms with Crippen LogP contribution in [0.15, 0.2) is 16.6 Å². The van der Waals surface area contributed by atoms with Gasteiger partial charge in [-0.15, -0.1) is 13.2 Å². The molecule has 0 aromatic heterocycles. The monoisotopic (exact) mass is 303 g/mol. The van der Waals surface area contributed by atoms with Crippen LogP contribution in [-0.2, 0) is 0 Å². The van der Waals surface area contributed by atoms with Crippen molar-refractivity contribution in [3.63, 3.8) is 0 Å². The minimum atomic E-state index is -5.06. The molecular weight excluding hydrogens is 302 g/mol. The van der Waals surface area contributed by atoms with Crippen LogP contribution < -0.4 is 4.74 Å². The van der Waals surface area contributed by atoms with Crippen molar-refractivity contribution >= 4 is 21.6 Å². The summed E-state index contributed by atoms with van der Waals surface area (Å²) in [4.78, 5) is 9.38. The van der Waals surface area contributed by atoms with Crippen LogP contribution in [0.2, 0.25) is 0 Å². The fourth-order valence-corrected chi connectivity index (χ4v) is 1.34. The molecule has 0 amide bonds. The Morgan fingerprint density at radius 1 is 1.38 bits per heavy atom. The topological polar surface area (TPSA) is 52.4 Å². The fraction of sp³-hybridized carbons (Fsp3) is 0.143. The summed E-state index contributed by atoms with van der Waals surface area (Å²) in [6.07, 6.45) is -5.06. The predicted octanol–water partition coefficient (Wildman–Crippen LogP) is 3.40. The molecule has 4 nitrogen and oxygen atoms in total. The number of nitrogens with zero attached hydrogens (tertiary/aromatic N) is 1. The van der Waals surface area contributed by atoms with Gasteiger partial charge in [-0.25, -0.2) is 4.39 Å². The summed E-state index contributed by atoms with van der Waals surface area (Å²) in [5.74, 6) is -2.61. The van der Waals surface area contributed by atoms with E-state index in [9.17, 15) is 27.7 Å². The van der Waals surface area contributed by atoms with E-state index >= 15 is 0 Å². The summed E-state index contributed by atoms with van der Waals surface area (Å²) < 4.78 is 51.1.